The van der Waals surface area contributed by atoms with E-state index >= 15 is 4.39 Å². The van der Waals surface area contributed by atoms with Gasteiger partial charge >= 0.3 is 12.5 Å². The number of allylic oxidation sites excluding steroid dienone is 2. The molecule has 12 heteroatoms. The lowest BCUT2D eigenvalue weighted by atomic mass is 9.64. The second-order valence-electron chi connectivity index (χ2n) is 18.5. The van der Waals surface area contributed by atoms with Gasteiger partial charge in [0.05, 0.1) is 18.2 Å². The quantitative estimate of drug-likeness (QED) is 0.120. The molecule has 61 heavy (non-hydrogen) atoms. The second kappa shape index (κ2) is 19.2. The zero-order valence-corrected chi connectivity index (χ0v) is 36.6. The molecule has 0 heterocycles. The smallest absolute Gasteiger partial charge is 0.446 e. The lowest BCUT2D eigenvalue weighted by Gasteiger charge is -2.46. The van der Waals surface area contributed by atoms with Crippen LogP contribution in [0, 0.1) is 29.0 Å². The van der Waals surface area contributed by atoms with E-state index < -0.39 is 41.1 Å². The molecule has 0 spiro atoms. The van der Waals surface area contributed by atoms with E-state index in [1.54, 1.807) is 12.1 Å². The molecule has 0 aliphatic heterocycles. The highest BCUT2D eigenvalue weighted by molar-refractivity contribution is 6.31. The number of ketones is 1. The molecular formula is C49H60ClF4NO6. The van der Waals surface area contributed by atoms with Crippen LogP contribution in [-0.4, -0.2) is 57.7 Å². The number of benzene rings is 3. The van der Waals surface area contributed by atoms with Crippen molar-refractivity contribution in [1.29, 1.82) is 0 Å². The van der Waals surface area contributed by atoms with Crippen molar-refractivity contribution in [1.82, 2.24) is 4.90 Å². The van der Waals surface area contributed by atoms with Gasteiger partial charge in [-0.3, -0.25) is 4.79 Å². The SMILES string of the molecule is CC1=CCC[C@@]2(C)[C@@H](CC[C@@]2(O)CN(Cc2ccc(OC(F)(F)F)cc2)C(=O)O[C@H]2C[C@@H](C)CC[C@@H]2C(C)C)c2ccc(cc2C(=O)Cc2c(F)cccc2Cl)C[C@@H](O)CC1. The number of fused-ring (bicyclic) bond motifs is 8. The Bertz CT molecular complexity index is 2030. The number of aliphatic hydroxyl groups is 2. The van der Waals surface area contributed by atoms with Crippen molar-refractivity contribution < 1.29 is 46.8 Å². The standard InChI is InChI=1S/C49H60ClF4NO6/c1-30(2)37-19-12-32(4)24-45(37)60-46(58)55(28-33-13-17-36(18-14-33)61-49(52,53)54)29-48(59)23-21-41-38-20-15-34(25-35(56)16-11-31(3)8-7-22-47(41,48)5)26-39(38)44(57)27-40-42(50)9-6-10-43(40)51/h6,8-10,13-15,17-18,20,26,30,32,35,37,41,45,56,59H,7,11-12,16,19,21-25,27-29H2,1-5H3/t32-,35-,37+,41-,45-,47-,48+/m0/s1. The van der Waals surface area contributed by atoms with Crippen molar-refractivity contribution in [2.75, 3.05) is 6.54 Å². The monoisotopic (exact) mass is 869 g/mol. The van der Waals surface area contributed by atoms with Gasteiger partial charge in [0.2, 0.25) is 0 Å². The molecule has 4 aliphatic rings. The van der Waals surface area contributed by atoms with Crippen LogP contribution in [0.4, 0.5) is 22.4 Å². The van der Waals surface area contributed by atoms with Crippen LogP contribution in [0.3, 0.4) is 0 Å². The Labute approximate surface area is 362 Å². The van der Waals surface area contributed by atoms with E-state index in [0.717, 1.165) is 24.0 Å². The Hall–Kier alpha value is -3.93. The Kier molecular flexibility index (Phi) is 14.7. The number of hydrogen-bond acceptors (Lipinski definition) is 6. The number of hydrogen-bond donors (Lipinski definition) is 2. The normalized spacial score (nSPS) is 27.2. The van der Waals surface area contributed by atoms with E-state index in [9.17, 15) is 33.0 Å². The predicted molar refractivity (Wildman–Crippen MR) is 228 cm³/mol. The fourth-order valence-electron chi connectivity index (χ4n) is 10.2. The average Bonchev–Trinajstić information content (AvgIpc) is 3.43. The molecule has 332 valence electrons. The topological polar surface area (TPSA) is 96.3 Å². The summed E-state index contributed by atoms with van der Waals surface area (Å²) in [5.74, 6) is -0.948. The highest BCUT2D eigenvalue weighted by atomic mass is 35.5. The van der Waals surface area contributed by atoms with Crippen LogP contribution in [0.15, 0.2) is 72.3 Å². The first-order valence-electron chi connectivity index (χ1n) is 21.7. The van der Waals surface area contributed by atoms with Crippen molar-refractivity contribution in [2.24, 2.45) is 23.2 Å². The molecule has 1 amide bonds. The van der Waals surface area contributed by atoms with Gasteiger partial charge in [0.25, 0.3) is 0 Å². The fraction of sp³-hybridized carbons (Fsp3) is 0.551. The third kappa shape index (κ3) is 11.2. The summed E-state index contributed by atoms with van der Waals surface area (Å²) in [5, 5.41) is 24.3. The van der Waals surface area contributed by atoms with Gasteiger partial charge in [0, 0.05) is 34.5 Å². The summed E-state index contributed by atoms with van der Waals surface area (Å²) in [6.07, 6.45) is 1.27. The molecule has 3 aromatic rings. The highest BCUT2D eigenvalue weighted by Gasteiger charge is 2.58. The number of carbonyl (C=O) groups is 2. The molecule has 3 aromatic carbocycles. The van der Waals surface area contributed by atoms with Crippen molar-refractivity contribution >= 4 is 23.5 Å². The van der Waals surface area contributed by atoms with Gasteiger partial charge in [-0.15, -0.1) is 13.2 Å². The first-order chi connectivity index (χ1) is 28.7. The van der Waals surface area contributed by atoms with Crippen LogP contribution in [-0.2, 0) is 24.1 Å². The van der Waals surface area contributed by atoms with Gasteiger partial charge in [0.1, 0.15) is 17.7 Å². The Morgan fingerprint density at radius 2 is 1.75 bits per heavy atom. The molecule has 7 nitrogen and oxygen atoms in total. The minimum absolute atomic E-state index is 0.0496. The lowest BCUT2D eigenvalue weighted by Crippen LogP contribution is -2.54. The number of carbonyl (C=O) groups excluding carboxylic acids is 2. The third-order valence-corrected chi connectivity index (χ3v) is 14.2. The number of Topliss-reactive ketones (excluding diaryl/α,β-unsaturated/α-hetero) is 1. The molecule has 2 fully saturated rings. The summed E-state index contributed by atoms with van der Waals surface area (Å²) in [4.78, 5) is 30.4. The van der Waals surface area contributed by atoms with Gasteiger partial charge in [-0.2, -0.15) is 0 Å². The van der Waals surface area contributed by atoms with Gasteiger partial charge in [-0.1, -0.05) is 87.7 Å². The van der Waals surface area contributed by atoms with E-state index in [0.29, 0.717) is 67.6 Å². The van der Waals surface area contributed by atoms with Crippen LogP contribution in [0.25, 0.3) is 0 Å². The highest BCUT2D eigenvalue weighted by Crippen LogP contribution is 2.59. The van der Waals surface area contributed by atoms with Crippen LogP contribution < -0.4 is 4.74 Å². The molecule has 0 aromatic heterocycles. The summed E-state index contributed by atoms with van der Waals surface area (Å²) < 4.78 is 64.6. The molecule has 2 saturated carbocycles. The van der Waals surface area contributed by atoms with Crippen molar-refractivity contribution in [3.8, 4) is 5.75 Å². The molecule has 0 radical (unpaired) electrons. The van der Waals surface area contributed by atoms with Crippen LogP contribution in [0.1, 0.15) is 131 Å². The number of ether oxygens (including phenoxy) is 2. The number of aliphatic hydroxyl groups excluding tert-OH is 1. The summed E-state index contributed by atoms with van der Waals surface area (Å²) in [5.41, 5.74) is 1.09. The number of rotatable bonds is 10. The number of halogens is 5. The van der Waals surface area contributed by atoms with Gasteiger partial charge in [-0.05, 0) is 135 Å². The van der Waals surface area contributed by atoms with Crippen molar-refractivity contribution in [2.45, 2.75) is 142 Å². The van der Waals surface area contributed by atoms with E-state index in [1.807, 2.05) is 26.0 Å². The average molecular weight is 870 g/mol. The van der Waals surface area contributed by atoms with E-state index in [1.165, 1.54) is 41.3 Å². The second-order valence-corrected chi connectivity index (χ2v) is 19.0. The minimum atomic E-state index is -4.87. The van der Waals surface area contributed by atoms with Crippen LogP contribution >= 0.6 is 11.6 Å². The summed E-state index contributed by atoms with van der Waals surface area (Å²) >= 11 is 6.40. The van der Waals surface area contributed by atoms with E-state index in [-0.39, 0.29) is 66.2 Å². The summed E-state index contributed by atoms with van der Waals surface area (Å²) in [7, 11) is 0. The molecule has 2 bridgehead atoms. The van der Waals surface area contributed by atoms with Gasteiger partial charge in [0.15, 0.2) is 5.78 Å². The van der Waals surface area contributed by atoms with Crippen LogP contribution in [0.2, 0.25) is 5.02 Å². The third-order valence-electron chi connectivity index (χ3n) is 13.8. The number of alkyl halides is 3. The largest absolute Gasteiger partial charge is 0.573 e. The maximum Gasteiger partial charge on any atom is 0.573 e. The molecule has 0 saturated heterocycles. The fourth-order valence-corrected chi connectivity index (χ4v) is 10.4. The van der Waals surface area contributed by atoms with E-state index in [4.69, 9.17) is 16.3 Å². The van der Waals surface area contributed by atoms with Crippen molar-refractivity contribution in [3.63, 3.8) is 0 Å². The Morgan fingerprint density at radius 1 is 1.02 bits per heavy atom. The van der Waals surface area contributed by atoms with Crippen molar-refractivity contribution in [3.05, 3.63) is 111 Å². The van der Waals surface area contributed by atoms with Crippen LogP contribution in [0.5, 0.6) is 5.75 Å². The first kappa shape index (κ1) is 46.6. The molecular weight excluding hydrogens is 810 g/mol. The predicted octanol–water partition coefficient (Wildman–Crippen LogP) is 11.9. The number of amides is 1. The molecule has 0 unspecified atom stereocenters. The maximum absolute atomic E-state index is 15.1. The van der Waals surface area contributed by atoms with E-state index in [2.05, 4.69) is 31.6 Å². The maximum atomic E-state index is 15.1. The summed E-state index contributed by atoms with van der Waals surface area (Å²) in [6, 6.07) is 15.2. The molecule has 2 N–H and O–H groups in total. The Morgan fingerprint density at radius 3 is 2.44 bits per heavy atom. The minimum Gasteiger partial charge on any atom is -0.446 e. The van der Waals surface area contributed by atoms with Gasteiger partial charge < -0.3 is 24.6 Å². The zero-order chi connectivity index (χ0) is 44.3. The van der Waals surface area contributed by atoms with Gasteiger partial charge in [-0.25, -0.2) is 9.18 Å². The molecule has 7 atom stereocenters. The molecule has 7 rings (SSSR count). The molecule has 4 aliphatic carbocycles. The Balaban J connectivity index is 1.40. The first-order valence-corrected chi connectivity index (χ1v) is 22.1. The lowest BCUT2D eigenvalue weighted by molar-refractivity contribution is -0.274. The number of nitrogens with zero attached hydrogens (tertiary/aromatic N) is 1. The zero-order valence-electron chi connectivity index (χ0n) is 35.9. The summed E-state index contributed by atoms with van der Waals surface area (Å²) in [6.45, 7) is 10.2.